The first kappa shape index (κ1) is 16.7. The standard InChI is InChI=1S/C11H20N2O6S2/c1-20(15,16)13(10-2-7-21(17,18)9-10)8-11(14)12-3-5-19-6-4-12/h10H,2-9H2,1H3. The Kier molecular flexibility index (Phi) is 4.91. The molecule has 1 amide bonds. The minimum atomic E-state index is -3.64. The molecule has 2 fully saturated rings. The first-order chi connectivity index (χ1) is 9.69. The number of carbonyl (C=O) groups is 1. The predicted molar refractivity (Wildman–Crippen MR) is 76.0 cm³/mol. The highest BCUT2D eigenvalue weighted by molar-refractivity contribution is 7.92. The van der Waals surface area contributed by atoms with Crippen LogP contribution in [-0.2, 0) is 29.4 Å². The van der Waals surface area contributed by atoms with Crippen molar-refractivity contribution in [2.45, 2.75) is 12.5 Å². The monoisotopic (exact) mass is 340 g/mol. The molecule has 0 saturated carbocycles. The Morgan fingerprint density at radius 2 is 1.95 bits per heavy atom. The van der Waals surface area contributed by atoms with Crippen LogP contribution in [0.2, 0.25) is 0 Å². The Morgan fingerprint density at radius 3 is 2.43 bits per heavy atom. The van der Waals surface area contributed by atoms with Crippen LogP contribution >= 0.6 is 0 Å². The zero-order chi connectivity index (χ0) is 15.7. The van der Waals surface area contributed by atoms with Crippen molar-refractivity contribution in [3.8, 4) is 0 Å². The highest BCUT2D eigenvalue weighted by Gasteiger charge is 2.38. The molecule has 0 aromatic heterocycles. The highest BCUT2D eigenvalue weighted by atomic mass is 32.2. The Hall–Kier alpha value is -0.710. The summed E-state index contributed by atoms with van der Waals surface area (Å²) in [6.07, 6.45) is 1.25. The second kappa shape index (κ2) is 6.19. The van der Waals surface area contributed by atoms with Crippen LogP contribution in [0.25, 0.3) is 0 Å². The van der Waals surface area contributed by atoms with Gasteiger partial charge >= 0.3 is 0 Å². The van der Waals surface area contributed by atoms with Gasteiger partial charge in [-0.05, 0) is 6.42 Å². The number of hydrogen-bond donors (Lipinski definition) is 0. The van der Waals surface area contributed by atoms with Gasteiger partial charge in [0.15, 0.2) is 9.84 Å². The van der Waals surface area contributed by atoms with Gasteiger partial charge in [0, 0.05) is 19.1 Å². The molecule has 8 nitrogen and oxygen atoms in total. The Labute approximate surface area is 125 Å². The van der Waals surface area contributed by atoms with Crippen molar-refractivity contribution in [2.75, 3.05) is 50.6 Å². The maximum Gasteiger partial charge on any atom is 0.238 e. The van der Waals surface area contributed by atoms with Gasteiger partial charge in [0.1, 0.15) is 0 Å². The SMILES string of the molecule is CS(=O)(=O)N(CC(=O)N1CCOCC1)C1CCS(=O)(=O)C1. The van der Waals surface area contributed by atoms with E-state index in [1.54, 1.807) is 4.90 Å². The summed E-state index contributed by atoms with van der Waals surface area (Å²) in [6, 6.07) is -0.644. The fourth-order valence-electron chi connectivity index (χ4n) is 2.57. The lowest BCUT2D eigenvalue weighted by Gasteiger charge is -2.31. The minimum Gasteiger partial charge on any atom is -0.378 e. The molecule has 0 radical (unpaired) electrons. The van der Waals surface area contributed by atoms with Crippen LogP contribution in [0.15, 0.2) is 0 Å². The van der Waals surface area contributed by atoms with E-state index in [2.05, 4.69) is 0 Å². The molecule has 122 valence electrons. The van der Waals surface area contributed by atoms with Gasteiger partial charge in [0.05, 0.1) is 37.5 Å². The molecule has 2 saturated heterocycles. The molecule has 0 aliphatic carbocycles. The predicted octanol–water partition coefficient (Wildman–Crippen LogP) is -1.71. The number of nitrogens with zero attached hydrogens (tertiary/aromatic N) is 2. The largest absolute Gasteiger partial charge is 0.378 e. The van der Waals surface area contributed by atoms with Crippen LogP contribution in [0, 0.1) is 0 Å². The van der Waals surface area contributed by atoms with E-state index in [1.165, 1.54) is 0 Å². The number of morpholine rings is 1. The molecule has 0 aromatic rings. The van der Waals surface area contributed by atoms with Crippen molar-refractivity contribution in [3.05, 3.63) is 0 Å². The number of sulfonamides is 1. The molecular formula is C11H20N2O6S2. The summed E-state index contributed by atoms with van der Waals surface area (Å²) in [7, 11) is -6.85. The first-order valence-corrected chi connectivity index (χ1v) is 10.4. The van der Waals surface area contributed by atoms with Crippen LogP contribution < -0.4 is 0 Å². The summed E-state index contributed by atoms with van der Waals surface area (Å²) in [5, 5.41) is 0. The van der Waals surface area contributed by atoms with Gasteiger partial charge in [-0.25, -0.2) is 16.8 Å². The quantitative estimate of drug-likeness (QED) is 0.604. The van der Waals surface area contributed by atoms with E-state index in [9.17, 15) is 21.6 Å². The summed E-state index contributed by atoms with van der Waals surface area (Å²) in [4.78, 5) is 13.7. The molecule has 2 heterocycles. The fraction of sp³-hybridized carbons (Fsp3) is 0.909. The van der Waals surface area contributed by atoms with Crippen LogP contribution in [0.1, 0.15) is 6.42 Å². The molecule has 2 aliphatic rings. The van der Waals surface area contributed by atoms with Crippen molar-refractivity contribution < 1.29 is 26.4 Å². The van der Waals surface area contributed by atoms with Crippen molar-refractivity contribution >= 4 is 25.8 Å². The second-order valence-electron chi connectivity index (χ2n) is 5.36. The molecule has 2 aliphatic heterocycles. The van der Waals surface area contributed by atoms with Gasteiger partial charge in [-0.1, -0.05) is 0 Å². The van der Waals surface area contributed by atoms with Crippen molar-refractivity contribution in [3.63, 3.8) is 0 Å². The molecule has 0 spiro atoms. The van der Waals surface area contributed by atoms with Crippen molar-refractivity contribution in [1.29, 1.82) is 0 Å². The Morgan fingerprint density at radius 1 is 1.33 bits per heavy atom. The molecule has 0 N–H and O–H groups in total. The van der Waals surface area contributed by atoms with E-state index in [0.29, 0.717) is 26.3 Å². The third-order valence-electron chi connectivity index (χ3n) is 3.70. The van der Waals surface area contributed by atoms with E-state index in [0.717, 1.165) is 10.6 Å². The van der Waals surface area contributed by atoms with E-state index in [-0.39, 0.29) is 30.4 Å². The summed E-state index contributed by atoms with van der Waals surface area (Å²) in [5.41, 5.74) is 0. The van der Waals surface area contributed by atoms with Crippen LogP contribution in [0.5, 0.6) is 0 Å². The van der Waals surface area contributed by atoms with Crippen LogP contribution in [-0.4, -0.2) is 88.6 Å². The fourth-order valence-corrected chi connectivity index (χ4v) is 5.46. The first-order valence-electron chi connectivity index (χ1n) is 6.72. The van der Waals surface area contributed by atoms with E-state index >= 15 is 0 Å². The molecule has 21 heavy (non-hydrogen) atoms. The van der Waals surface area contributed by atoms with E-state index in [4.69, 9.17) is 4.74 Å². The third-order valence-corrected chi connectivity index (χ3v) is 6.73. The van der Waals surface area contributed by atoms with Gasteiger partial charge in [0.2, 0.25) is 15.9 Å². The Balaban J connectivity index is 2.09. The Bertz CT molecular complexity index is 594. The van der Waals surface area contributed by atoms with Crippen molar-refractivity contribution in [2.24, 2.45) is 0 Å². The smallest absolute Gasteiger partial charge is 0.238 e. The molecule has 0 aromatic carbocycles. The van der Waals surface area contributed by atoms with Gasteiger partial charge < -0.3 is 9.64 Å². The minimum absolute atomic E-state index is 0.0323. The average molecular weight is 340 g/mol. The molecule has 1 unspecified atom stereocenters. The molecule has 10 heteroatoms. The summed E-state index contributed by atoms with van der Waals surface area (Å²) in [5.74, 6) is -0.556. The average Bonchev–Trinajstić information content (AvgIpc) is 2.75. The third kappa shape index (κ3) is 4.38. The van der Waals surface area contributed by atoms with Gasteiger partial charge in [0.25, 0.3) is 0 Å². The lowest BCUT2D eigenvalue weighted by Crippen LogP contribution is -2.50. The molecule has 1 atom stereocenters. The summed E-state index contributed by atoms with van der Waals surface area (Å²) < 4.78 is 53.0. The zero-order valence-corrected chi connectivity index (χ0v) is 13.5. The maximum atomic E-state index is 12.2. The van der Waals surface area contributed by atoms with Gasteiger partial charge in [-0.2, -0.15) is 4.31 Å². The normalized spacial score (nSPS) is 26.2. The van der Waals surface area contributed by atoms with Crippen LogP contribution in [0.4, 0.5) is 0 Å². The molecule has 2 rings (SSSR count). The number of amides is 1. The van der Waals surface area contributed by atoms with Crippen LogP contribution in [0.3, 0.4) is 0 Å². The number of ether oxygens (including phenoxy) is 1. The highest BCUT2D eigenvalue weighted by Crippen LogP contribution is 2.20. The zero-order valence-electron chi connectivity index (χ0n) is 11.9. The van der Waals surface area contributed by atoms with Gasteiger partial charge in [-0.15, -0.1) is 0 Å². The number of carbonyl (C=O) groups excluding carboxylic acids is 1. The molecule has 0 bridgehead atoms. The lowest BCUT2D eigenvalue weighted by atomic mass is 10.2. The summed E-state index contributed by atoms with van der Waals surface area (Å²) >= 11 is 0. The lowest BCUT2D eigenvalue weighted by molar-refractivity contribution is -0.135. The maximum absolute atomic E-state index is 12.2. The topological polar surface area (TPSA) is 101 Å². The summed E-state index contributed by atoms with van der Waals surface area (Å²) in [6.45, 7) is 1.42. The number of hydrogen-bond acceptors (Lipinski definition) is 6. The number of rotatable bonds is 4. The number of sulfone groups is 1. The second-order valence-corrected chi connectivity index (χ2v) is 9.52. The molecular weight excluding hydrogens is 320 g/mol. The van der Waals surface area contributed by atoms with Gasteiger partial charge in [-0.3, -0.25) is 4.79 Å². The van der Waals surface area contributed by atoms with E-state index < -0.39 is 25.9 Å². The van der Waals surface area contributed by atoms with E-state index in [1.807, 2.05) is 0 Å². The van der Waals surface area contributed by atoms with Crippen molar-refractivity contribution in [1.82, 2.24) is 9.21 Å².